The Morgan fingerprint density at radius 2 is 1.46 bits per heavy atom. The van der Waals surface area contributed by atoms with E-state index in [9.17, 15) is 22.4 Å². The van der Waals surface area contributed by atoms with Crippen LogP contribution in [0.25, 0.3) is 16.7 Å². The normalized spacial score (nSPS) is 15.2. The zero-order chi connectivity index (χ0) is 28.3. The summed E-state index contributed by atoms with van der Waals surface area (Å²) >= 11 is 0. The molecule has 0 aliphatic heterocycles. The van der Waals surface area contributed by atoms with E-state index in [1.807, 2.05) is 6.92 Å². The second kappa shape index (κ2) is 12.0. The van der Waals surface area contributed by atoms with E-state index in [-0.39, 0.29) is 42.7 Å². The van der Waals surface area contributed by atoms with Crippen LogP contribution in [0.3, 0.4) is 0 Å². The summed E-state index contributed by atoms with van der Waals surface area (Å²) in [5, 5.41) is 0. The van der Waals surface area contributed by atoms with E-state index in [1.165, 1.54) is 31.2 Å². The molecule has 1 unspecified atom stereocenters. The molecule has 0 fully saturated rings. The summed E-state index contributed by atoms with van der Waals surface area (Å²) in [6, 6.07) is 7.17. The van der Waals surface area contributed by atoms with Crippen molar-refractivity contribution in [3.8, 4) is 16.9 Å². The molecule has 0 saturated heterocycles. The molecule has 3 aromatic carbocycles. The smallest absolute Gasteiger partial charge is 0.341 e. The van der Waals surface area contributed by atoms with E-state index in [1.54, 1.807) is 6.08 Å². The predicted octanol–water partition coefficient (Wildman–Crippen LogP) is 8.47. The maximum absolute atomic E-state index is 15.1. The van der Waals surface area contributed by atoms with Gasteiger partial charge in [0.2, 0.25) is 5.82 Å². The van der Waals surface area contributed by atoms with Gasteiger partial charge in [-0.1, -0.05) is 37.6 Å². The fourth-order valence-corrected chi connectivity index (χ4v) is 4.36. The Labute approximate surface area is 222 Å². The first-order chi connectivity index (χ1) is 18.6. The average molecular weight is 549 g/mol. The van der Waals surface area contributed by atoms with E-state index >= 15 is 8.78 Å². The van der Waals surface area contributed by atoms with Crippen LogP contribution in [0, 0.1) is 41.8 Å². The lowest BCUT2D eigenvalue weighted by Gasteiger charge is -2.23. The number of carbonyl (C=O) groups is 1. The Kier molecular flexibility index (Phi) is 8.67. The van der Waals surface area contributed by atoms with Gasteiger partial charge in [-0.15, -0.1) is 0 Å². The molecule has 0 N–H and O–H groups in total. The lowest BCUT2D eigenvalue weighted by atomic mass is 9.90. The van der Waals surface area contributed by atoms with E-state index in [0.717, 1.165) is 18.6 Å². The first-order valence-corrected chi connectivity index (χ1v) is 12.6. The number of hydrogen-bond donors (Lipinski definition) is 0. The number of unbranched alkanes of at least 4 members (excludes halogenated alkanes) is 1. The van der Waals surface area contributed by atoms with Gasteiger partial charge in [-0.25, -0.2) is 26.7 Å². The third-order valence-corrected chi connectivity index (χ3v) is 6.65. The van der Waals surface area contributed by atoms with Crippen molar-refractivity contribution in [2.24, 2.45) is 0 Å². The summed E-state index contributed by atoms with van der Waals surface area (Å²) < 4.78 is 97.7. The van der Waals surface area contributed by atoms with Crippen molar-refractivity contribution in [2.75, 3.05) is 6.61 Å². The third-order valence-electron chi connectivity index (χ3n) is 6.65. The Morgan fingerprint density at radius 3 is 2.13 bits per heavy atom. The minimum atomic E-state index is -1.35. The molecular weight excluding hydrogens is 522 g/mol. The molecule has 206 valence electrons. The molecular formula is C30H26F6O3. The Bertz CT molecular complexity index is 1430. The summed E-state index contributed by atoms with van der Waals surface area (Å²) in [5.74, 6) is -8.94. The third kappa shape index (κ3) is 5.82. The molecule has 39 heavy (non-hydrogen) atoms. The Hall–Kier alpha value is -3.75. The highest BCUT2D eigenvalue weighted by molar-refractivity contribution is 5.90. The molecule has 1 aliphatic rings. The van der Waals surface area contributed by atoms with Gasteiger partial charge in [0, 0.05) is 23.1 Å². The number of rotatable bonds is 8. The fraction of sp³-hybridized carbons (Fsp3) is 0.300. The Morgan fingerprint density at radius 1 is 0.821 bits per heavy atom. The van der Waals surface area contributed by atoms with Gasteiger partial charge in [-0.3, -0.25) is 0 Å². The van der Waals surface area contributed by atoms with Gasteiger partial charge < -0.3 is 9.47 Å². The van der Waals surface area contributed by atoms with Crippen LogP contribution in [0.1, 0.15) is 60.5 Å². The van der Waals surface area contributed by atoms with E-state index in [0.29, 0.717) is 12.0 Å². The lowest BCUT2D eigenvalue weighted by molar-refractivity contribution is 0.0279. The van der Waals surface area contributed by atoms with Crippen molar-refractivity contribution in [1.29, 1.82) is 0 Å². The zero-order valence-corrected chi connectivity index (χ0v) is 21.4. The van der Waals surface area contributed by atoms with Gasteiger partial charge in [0.05, 0.1) is 12.2 Å². The molecule has 4 rings (SSSR count). The highest BCUT2D eigenvalue weighted by atomic mass is 19.2. The Balaban J connectivity index is 1.50. The average Bonchev–Trinajstić information content (AvgIpc) is 2.92. The van der Waals surface area contributed by atoms with Crippen LogP contribution in [0.15, 0.2) is 42.5 Å². The second-order valence-corrected chi connectivity index (χ2v) is 9.32. The topological polar surface area (TPSA) is 35.5 Å². The van der Waals surface area contributed by atoms with Gasteiger partial charge >= 0.3 is 5.97 Å². The van der Waals surface area contributed by atoms with Crippen molar-refractivity contribution < 1.29 is 40.6 Å². The monoisotopic (exact) mass is 548 g/mol. The van der Waals surface area contributed by atoms with Crippen LogP contribution in [-0.2, 0) is 4.74 Å². The first kappa shape index (κ1) is 28.3. The molecule has 3 nitrogen and oxygen atoms in total. The number of allylic oxidation sites excluding steroid dienone is 1. The van der Waals surface area contributed by atoms with Crippen LogP contribution in [-0.4, -0.2) is 18.7 Å². The minimum Gasteiger partial charge on any atom is -0.490 e. The summed E-state index contributed by atoms with van der Waals surface area (Å²) in [7, 11) is 0. The first-order valence-electron chi connectivity index (χ1n) is 12.6. The predicted molar refractivity (Wildman–Crippen MR) is 134 cm³/mol. The molecule has 0 radical (unpaired) electrons. The van der Waals surface area contributed by atoms with Crippen LogP contribution in [0.4, 0.5) is 26.3 Å². The maximum Gasteiger partial charge on any atom is 0.341 e. The number of halogens is 6. The van der Waals surface area contributed by atoms with Crippen molar-refractivity contribution in [3.05, 3.63) is 94.1 Å². The van der Waals surface area contributed by atoms with Gasteiger partial charge in [-0.05, 0) is 55.5 Å². The molecule has 1 atom stereocenters. The van der Waals surface area contributed by atoms with E-state index in [4.69, 9.17) is 9.47 Å². The van der Waals surface area contributed by atoms with E-state index in [2.05, 4.69) is 0 Å². The molecule has 0 saturated carbocycles. The summed E-state index contributed by atoms with van der Waals surface area (Å²) in [6.45, 7) is 3.48. The van der Waals surface area contributed by atoms with Gasteiger partial charge in [0.15, 0.2) is 34.8 Å². The van der Waals surface area contributed by atoms with Gasteiger partial charge in [0.1, 0.15) is 6.10 Å². The SMILES string of the molecule is CCCCOc1ccc(-c2ccc(C3=CCC(OC(=O)c4ccc(C)c(F)c4F)CC3)c(F)c2F)c(F)c1F. The number of benzene rings is 3. The molecule has 0 bridgehead atoms. The molecule has 0 aromatic heterocycles. The van der Waals surface area contributed by atoms with Crippen LogP contribution in [0.5, 0.6) is 5.75 Å². The van der Waals surface area contributed by atoms with Crippen molar-refractivity contribution in [2.45, 2.75) is 52.1 Å². The van der Waals surface area contributed by atoms with Gasteiger partial charge in [-0.2, -0.15) is 4.39 Å². The molecule has 9 heteroatoms. The quantitative estimate of drug-likeness (QED) is 0.161. The summed E-state index contributed by atoms with van der Waals surface area (Å²) in [5.41, 5.74) is -0.986. The molecule has 0 amide bonds. The van der Waals surface area contributed by atoms with Crippen LogP contribution in [0.2, 0.25) is 0 Å². The van der Waals surface area contributed by atoms with Gasteiger partial charge in [0.25, 0.3) is 0 Å². The van der Waals surface area contributed by atoms with Crippen molar-refractivity contribution in [1.82, 2.24) is 0 Å². The number of aryl methyl sites for hydroxylation is 1. The lowest BCUT2D eigenvalue weighted by Crippen LogP contribution is -2.21. The standard InChI is InChI=1S/C30H26F6O3/c1-3-4-15-38-23-14-13-21(27(34)29(23)36)20-12-11-19(25(32)26(20)33)17-6-8-18(9-7-17)39-30(37)22-10-5-16(2)24(31)28(22)35/h5-6,10-14,18H,3-4,7-9,15H2,1-2H3. The minimum absolute atomic E-state index is 0.0517. The molecule has 3 aromatic rings. The number of hydrogen-bond acceptors (Lipinski definition) is 3. The van der Waals surface area contributed by atoms with Crippen molar-refractivity contribution in [3.63, 3.8) is 0 Å². The molecule has 0 spiro atoms. The maximum atomic E-state index is 15.1. The fourth-order valence-electron chi connectivity index (χ4n) is 4.36. The number of esters is 1. The highest BCUT2D eigenvalue weighted by Gasteiger charge is 2.26. The zero-order valence-electron chi connectivity index (χ0n) is 21.4. The highest BCUT2D eigenvalue weighted by Crippen LogP contribution is 2.36. The number of ether oxygens (including phenoxy) is 2. The second-order valence-electron chi connectivity index (χ2n) is 9.32. The van der Waals surface area contributed by atoms with Crippen molar-refractivity contribution >= 4 is 11.5 Å². The van der Waals surface area contributed by atoms with Crippen LogP contribution < -0.4 is 4.74 Å². The summed E-state index contributed by atoms with van der Waals surface area (Å²) in [4.78, 5) is 12.3. The molecule has 1 aliphatic carbocycles. The largest absolute Gasteiger partial charge is 0.490 e. The van der Waals surface area contributed by atoms with E-state index < -0.39 is 63.7 Å². The number of carbonyl (C=O) groups excluding carboxylic acids is 1. The van der Waals surface area contributed by atoms with Crippen LogP contribution >= 0.6 is 0 Å². The summed E-state index contributed by atoms with van der Waals surface area (Å²) in [6.07, 6.45) is 2.91. The molecule has 0 heterocycles.